The molecule has 1 N–H and O–H groups in total. The molecule has 0 unspecified atom stereocenters. The Labute approximate surface area is 134 Å². The number of amides is 1. The van der Waals surface area contributed by atoms with Crippen LogP contribution >= 0.6 is 11.6 Å². The number of nitrogens with zero attached hydrogens (tertiary/aromatic N) is 2. The molecule has 0 fully saturated rings. The highest BCUT2D eigenvalue weighted by Crippen LogP contribution is 2.29. The average molecular weight is 337 g/mol. The van der Waals surface area contributed by atoms with Crippen molar-refractivity contribution in [3.8, 4) is 5.75 Å². The van der Waals surface area contributed by atoms with Crippen LogP contribution in [0.4, 0.5) is 10.1 Å². The molecule has 7 nitrogen and oxygen atoms in total. The van der Waals surface area contributed by atoms with E-state index in [2.05, 4.69) is 10.5 Å². The predicted octanol–water partition coefficient (Wildman–Crippen LogP) is 2.22. The molecule has 1 amide bonds. The smallest absolute Gasteiger partial charge is 0.271 e. The van der Waals surface area contributed by atoms with Gasteiger partial charge in [0.15, 0.2) is 0 Å². The van der Waals surface area contributed by atoms with Crippen LogP contribution in [0.15, 0.2) is 41.5 Å². The van der Waals surface area contributed by atoms with E-state index in [1.54, 1.807) is 0 Å². The van der Waals surface area contributed by atoms with Crippen LogP contribution in [-0.4, -0.2) is 17.0 Å². The van der Waals surface area contributed by atoms with Crippen LogP contribution in [0.25, 0.3) is 0 Å². The summed E-state index contributed by atoms with van der Waals surface area (Å²) in [5.41, 5.74) is 1.25. The maximum atomic E-state index is 13.0. The number of carbonyl (C=O) groups is 1. The quantitative estimate of drug-likeness (QED) is 0.524. The monoisotopic (exact) mass is 336 g/mol. The van der Waals surface area contributed by atoms with Gasteiger partial charge in [0.2, 0.25) is 0 Å². The Hall–Kier alpha value is -3.00. The summed E-state index contributed by atoms with van der Waals surface area (Å²) in [6.45, 7) is 0. The van der Waals surface area contributed by atoms with E-state index < -0.39 is 28.1 Å². The number of carbonyl (C=O) groups excluding carboxylic acids is 1. The van der Waals surface area contributed by atoms with Crippen molar-refractivity contribution >= 4 is 29.4 Å². The van der Waals surface area contributed by atoms with E-state index in [9.17, 15) is 24.4 Å². The number of rotatable bonds is 4. The van der Waals surface area contributed by atoms with Crippen molar-refractivity contribution in [3.63, 3.8) is 0 Å². The van der Waals surface area contributed by atoms with Crippen molar-refractivity contribution in [2.24, 2.45) is 5.10 Å². The third kappa shape index (κ3) is 4.01. The van der Waals surface area contributed by atoms with Crippen LogP contribution in [0.1, 0.15) is 15.9 Å². The van der Waals surface area contributed by atoms with E-state index >= 15 is 0 Å². The SMILES string of the molecule is O=C(N/N=C\c1cc(Cl)cc([N+](=O)[O-])c1[O-])c1cccc(F)c1. The first-order valence-electron chi connectivity index (χ1n) is 6.12. The van der Waals surface area contributed by atoms with Crippen molar-refractivity contribution < 1.29 is 19.2 Å². The molecule has 2 aromatic carbocycles. The minimum absolute atomic E-state index is 0.0193. The summed E-state index contributed by atoms with van der Waals surface area (Å²) in [4.78, 5) is 21.6. The van der Waals surface area contributed by atoms with Gasteiger partial charge in [0.05, 0.1) is 11.1 Å². The second kappa shape index (κ2) is 6.84. The van der Waals surface area contributed by atoms with Gasteiger partial charge in [0.25, 0.3) is 11.6 Å². The Bertz CT molecular complexity index is 811. The lowest BCUT2D eigenvalue weighted by Gasteiger charge is -2.10. The molecule has 0 heterocycles. The Morgan fingerprint density at radius 2 is 2.09 bits per heavy atom. The van der Waals surface area contributed by atoms with Gasteiger partial charge in [-0.15, -0.1) is 0 Å². The third-order valence-electron chi connectivity index (χ3n) is 2.72. The van der Waals surface area contributed by atoms with Crippen LogP contribution in [0.5, 0.6) is 5.75 Å². The molecule has 0 spiro atoms. The molecule has 0 atom stereocenters. The Morgan fingerprint density at radius 1 is 1.35 bits per heavy atom. The molecule has 0 radical (unpaired) electrons. The summed E-state index contributed by atoms with van der Waals surface area (Å²) in [6.07, 6.45) is 0.929. The zero-order valence-corrected chi connectivity index (χ0v) is 12.1. The standard InChI is InChI=1S/C14H9ClFN3O4/c15-10-4-9(13(20)12(6-10)19(22)23)7-17-18-14(21)8-2-1-3-11(16)5-8/h1-7,20H,(H,18,21)/p-1/b17-7-. The molecule has 118 valence electrons. The fraction of sp³-hybridized carbons (Fsp3) is 0. The Morgan fingerprint density at radius 3 is 2.74 bits per heavy atom. The molecule has 0 bridgehead atoms. The number of hydrogen-bond donors (Lipinski definition) is 1. The van der Waals surface area contributed by atoms with Gasteiger partial charge in [-0.1, -0.05) is 17.7 Å². The van der Waals surface area contributed by atoms with Gasteiger partial charge in [0, 0.05) is 16.7 Å². The highest BCUT2D eigenvalue weighted by molar-refractivity contribution is 6.31. The zero-order valence-electron chi connectivity index (χ0n) is 11.3. The maximum absolute atomic E-state index is 13.0. The van der Waals surface area contributed by atoms with E-state index in [1.807, 2.05) is 0 Å². The number of hydrogen-bond acceptors (Lipinski definition) is 5. The molecule has 2 aromatic rings. The Balaban J connectivity index is 2.18. The lowest BCUT2D eigenvalue weighted by atomic mass is 10.2. The molecule has 23 heavy (non-hydrogen) atoms. The van der Waals surface area contributed by atoms with Crippen molar-refractivity contribution in [1.82, 2.24) is 5.43 Å². The van der Waals surface area contributed by atoms with E-state index in [4.69, 9.17) is 11.6 Å². The zero-order chi connectivity index (χ0) is 17.0. The highest BCUT2D eigenvalue weighted by atomic mass is 35.5. The van der Waals surface area contributed by atoms with E-state index in [0.717, 1.165) is 18.3 Å². The van der Waals surface area contributed by atoms with E-state index in [0.29, 0.717) is 0 Å². The summed E-state index contributed by atoms with van der Waals surface area (Å²) in [7, 11) is 0. The van der Waals surface area contributed by atoms with Gasteiger partial charge in [-0.3, -0.25) is 14.9 Å². The molecular weight excluding hydrogens is 329 g/mol. The molecule has 0 aliphatic heterocycles. The minimum Gasteiger partial charge on any atom is -0.867 e. The number of benzene rings is 2. The van der Waals surface area contributed by atoms with Crippen LogP contribution in [0.3, 0.4) is 0 Å². The molecule has 0 saturated carbocycles. The molecule has 9 heteroatoms. The fourth-order valence-corrected chi connectivity index (χ4v) is 1.91. The minimum atomic E-state index is -0.886. The number of nitro groups is 1. The number of halogens is 2. The van der Waals surface area contributed by atoms with Gasteiger partial charge in [-0.05, 0) is 35.6 Å². The van der Waals surface area contributed by atoms with Gasteiger partial charge in [-0.2, -0.15) is 5.10 Å². The normalized spacial score (nSPS) is 10.7. The van der Waals surface area contributed by atoms with Gasteiger partial charge in [-0.25, -0.2) is 9.82 Å². The van der Waals surface area contributed by atoms with Crippen molar-refractivity contribution in [1.29, 1.82) is 0 Å². The van der Waals surface area contributed by atoms with Crippen LogP contribution in [-0.2, 0) is 0 Å². The predicted molar refractivity (Wildman–Crippen MR) is 79.0 cm³/mol. The number of nitrogens with one attached hydrogen (secondary N) is 1. The van der Waals surface area contributed by atoms with Crippen LogP contribution in [0, 0.1) is 15.9 Å². The third-order valence-corrected chi connectivity index (χ3v) is 2.93. The second-order valence-corrected chi connectivity index (χ2v) is 4.75. The average Bonchev–Trinajstić information content (AvgIpc) is 2.49. The number of nitro benzene ring substituents is 1. The first-order chi connectivity index (χ1) is 10.9. The van der Waals surface area contributed by atoms with Crippen molar-refractivity contribution in [2.45, 2.75) is 0 Å². The van der Waals surface area contributed by atoms with Gasteiger partial charge in [0.1, 0.15) is 5.82 Å². The summed E-state index contributed by atoms with van der Waals surface area (Å²) >= 11 is 5.69. The summed E-state index contributed by atoms with van der Waals surface area (Å²) in [5.74, 6) is -2.18. The topological polar surface area (TPSA) is 108 Å². The first kappa shape index (κ1) is 16.4. The van der Waals surface area contributed by atoms with Gasteiger partial charge < -0.3 is 5.11 Å². The molecule has 0 saturated heterocycles. The van der Waals surface area contributed by atoms with Crippen molar-refractivity contribution in [2.75, 3.05) is 0 Å². The lowest BCUT2D eigenvalue weighted by molar-refractivity contribution is -0.398. The van der Waals surface area contributed by atoms with Crippen LogP contribution < -0.4 is 10.5 Å². The molecule has 0 aromatic heterocycles. The first-order valence-corrected chi connectivity index (χ1v) is 6.50. The highest BCUT2D eigenvalue weighted by Gasteiger charge is 2.11. The molecule has 2 rings (SSSR count). The van der Waals surface area contributed by atoms with Gasteiger partial charge >= 0.3 is 0 Å². The van der Waals surface area contributed by atoms with Crippen molar-refractivity contribution in [3.05, 3.63) is 68.5 Å². The summed E-state index contributed by atoms with van der Waals surface area (Å²) in [5, 5.41) is 26.0. The lowest BCUT2D eigenvalue weighted by Crippen LogP contribution is -2.17. The fourth-order valence-electron chi connectivity index (χ4n) is 1.69. The molecule has 0 aliphatic carbocycles. The number of hydrazone groups is 1. The van der Waals surface area contributed by atoms with Crippen LogP contribution in [0.2, 0.25) is 5.02 Å². The van der Waals surface area contributed by atoms with E-state index in [1.165, 1.54) is 24.3 Å². The van der Waals surface area contributed by atoms with E-state index in [-0.39, 0.29) is 16.1 Å². The maximum Gasteiger partial charge on any atom is 0.271 e. The second-order valence-electron chi connectivity index (χ2n) is 4.31. The molecule has 0 aliphatic rings. The largest absolute Gasteiger partial charge is 0.867 e. The molecular formula is C14H8ClFN3O4-. The summed E-state index contributed by atoms with van der Waals surface area (Å²) < 4.78 is 13.0. The Kier molecular flexibility index (Phi) is 4.87. The summed E-state index contributed by atoms with van der Waals surface area (Å²) in [6, 6.07) is 7.01.